The van der Waals surface area contributed by atoms with Gasteiger partial charge in [-0.15, -0.1) is 0 Å². The van der Waals surface area contributed by atoms with Crippen LogP contribution in [0.15, 0.2) is 36.4 Å². The van der Waals surface area contributed by atoms with E-state index in [9.17, 15) is 0 Å². The number of rotatable bonds is 0. The molecule has 11 heavy (non-hydrogen) atoms. The molecule has 0 saturated heterocycles. The van der Waals surface area contributed by atoms with Crippen LogP contribution in [-0.4, -0.2) is 5.11 Å². The van der Waals surface area contributed by atoms with Crippen LogP contribution in [0.4, 0.5) is 0 Å². The van der Waals surface area contributed by atoms with Crippen LogP contribution >= 0.6 is 0 Å². The van der Waals surface area contributed by atoms with Gasteiger partial charge in [-0.25, -0.2) is 0 Å². The summed E-state index contributed by atoms with van der Waals surface area (Å²) in [4.78, 5) is 0. The zero-order valence-electron chi connectivity index (χ0n) is 6.62. The monoisotopic (exact) mass is 148 g/mol. The summed E-state index contributed by atoms with van der Waals surface area (Å²) in [5.41, 5.74) is 0.924. The van der Waals surface area contributed by atoms with Crippen LogP contribution in [0.5, 0.6) is 5.75 Å². The second-order valence-corrected chi connectivity index (χ2v) is 2.49. The third-order valence-electron chi connectivity index (χ3n) is 1.35. The van der Waals surface area contributed by atoms with Crippen molar-refractivity contribution in [3.8, 4) is 5.75 Å². The SMILES string of the molecule is C1=CC1.Cc1ccccc1O. The van der Waals surface area contributed by atoms with Crippen molar-refractivity contribution in [1.29, 1.82) is 0 Å². The quantitative estimate of drug-likeness (QED) is 0.561. The number of aryl methyl sites for hydroxylation is 1. The van der Waals surface area contributed by atoms with E-state index in [-0.39, 0.29) is 0 Å². The van der Waals surface area contributed by atoms with Crippen LogP contribution in [-0.2, 0) is 0 Å². The largest absolute Gasteiger partial charge is 0.508 e. The van der Waals surface area contributed by atoms with Crippen LogP contribution in [0.2, 0.25) is 0 Å². The molecule has 0 bridgehead atoms. The average molecular weight is 148 g/mol. The Kier molecular flexibility index (Phi) is 2.73. The molecule has 2 rings (SSSR count). The number of hydrogen-bond acceptors (Lipinski definition) is 1. The fraction of sp³-hybridized carbons (Fsp3) is 0.200. The van der Waals surface area contributed by atoms with Gasteiger partial charge in [0, 0.05) is 0 Å². The van der Waals surface area contributed by atoms with Gasteiger partial charge in [-0.2, -0.15) is 0 Å². The number of hydrogen-bond donors (Lipinski definition) is 1. The smallest absolute Gasteiger partial charge is 0.118 e. The predicted octanol–water partition coefficient (Wildman–Crippen LogP) is 2.65. The lowest BCUT2D eigenvalue weighted by atomic mass is 10.2. The van der Waals surface area contributed by atoms with E-state index in [2.05, 4.69) is 12.2 Å². The third-order valence-corrected chi connectivity index (χ3v) is 1.35. The molecule has 1 aliphatic carbocycles. The molecule has 0 heterocycles. The van der Waals surface area contributed by atoms with Crippen LogP contribution in [0.3, 0.4) is 0 Å². The molecular weight excluding hydrogens is 136 g/mol. The molecule has 0 aromatic heterocycles. The summed E-state index contributed by atoms with van der Waals surface area (Å²) in [5.74, 6) is 0.368. The number of aromatic hydroxyl groups is 1. The molecule has 1 N–H and O–H groups in total. The summed E-state index contributed by atoms with van der Waals surface area (Å²) in [7, 11) is 0. The van der Waals surface area contributed by atoms with Gasteiger partial charge in [0.25, 0.3) is 0 Å². The lowest BCUT2D eigenvalue weighted by Gasteiger charge is -1.92. The Morgan fingerprint density at radius 1 is 1.18 bits per heavy atom. The van der Waals surface area contributed by atoms with Gasteiger partial charge in [0.1, 0.15) is 5.75 Å². The van der Waals surface area contributed by atoms with Crippen molar-refractivity contribution in [3.05, 3.63) is 42.0 Å². The lowest BCUT2D eigenvalue weighted by Crippen LogP contribution is -1.68. The first-order valence-corrected chi connectivity index (χ1v) is 3.70. The van der Waals surface area contributed by atoms with Gasteiger partial charge in [-0.05, 0) is 25.0 Å². The summed E-state index contributed by atoms with van der Waals surface area (Å²) in [6.07, 6.45) is 5.50. The molecule has 0 fully saturated rings. The van der Waals surface area contributed by atoms with Crippen molar-refractivity contribution >= 4 is 0 Å². The Balaban J connectivity index is 0.000000167. The van der Waals surface area contributed by atoms with Crippen molar-refractivity contribution in [2.75, 3.05) is 0 Å². The van der Waals surface area contributed by atoms with Gasteiger partial charge in [-0.3, -0.25) is 0 Å². The van der Waals surface area contributed by atoms with E-state index in [1.807, 2.05) is 25.1 Å². The van der Waals surface area contributed by atoms with E-state index < -0.39 is 0 Å². The van der Waals surface area contributed by atoms with E-state index in [1.165, 1.54) is 6.42 Å². The molecule has 0 atom stereocenters. The van der Waals surface area contributed by atoms with E-state index in [0.29, 0.717) is 5.75 Å². The number of allylic oxidation sites excluding steroid dienone is 2. The van der Waals surface area contributed by atoms with Crippen molar-refractivity contribution in [1.82, 2.24) is 0 Å². The Bertz CT molecular complexity index is 226. The molecule has 0 radical (unpaired) electrons. The normalized spacial score (nSPS) is 11.7. The van der Waals surface area contributed by atoms with E-state index in [1.54, 1.807) is 6.07 Å². The van der Waals surface area contributed by atoms with Gasteiger partial charge in [0.05, 0.1) is 0 Å². The maximum absolute atomic E-state index is 8.92. The Morgan fingerprint density at radius 2 is 1.73 bits per heavy atom. The molecule has 1 aliphatic rings. The molecular formula is C10H12O. The van der Waals surface area contributed by atoms with E-state index >= 15 is 0 Å². The fourth-order valence-electron chi connectivity index (χ4n) is 0.563. The highest BCUT2D eigenvalue weighted by atomic mass is 16.3. The highest BCUT2D eigenvalue weighted by molar-refractivity contribution is 5.29. The maximum atomic E-state index is 8.92. The molecule has 0 aliphatic heterocycles. The average Bonchev–Trinajstić information content (AvgIpc) is 2.80. The van der Waals surface area contributed by atoms with E-state index in [0.717, 1.165) is 5.56 Å². The minimum Gasteiger partial charge on any atom is -0.508 e. The van der Waals surface area contributed by atoms with Crippen LogP contribution in [0.1, 0.15) is 12.0 Å². The minimum atomic E-state index is 0.368. The molecule has 0 spiro atoms. The number of phenols is 1. The van der Waals surface area contributed by atoms with Gasteiger partial charge in [0.2, 0.25) is 0 Å². The second kappa shape index (κ2) is 3.81. The summed E-state index contributed by atoms with van der Waals surface area (Å²) < 4.78 is 0. The van der Waals surface area contributed by atoms with Crippen molar-refractivity contribution in [2.24, 2.45) is 0 Å². The molecule has 1 aromatic rings. The lowest BCUT2D eigenvalue weighted by molar-refractivity contribution is 0.471. The van der Waals surface area contributed by atoms with Gasteiger partial charge in [-0.1, -0.05) is 30.4 Å². The first-order chi connectivity index (χ1) is 5.30. The topological polar surface area (TPSA) is 20.2 Å². The summed E-state index contributed by atoms with van der Waals surface area (Å²) >= 11 is 0. The fourth-order valence-corrected chi connectivity index (χ4v) is 0.563. The van der Waals surface area contributed by atoms with Gasteiger partial charge >= 0.3 is 0 Å². The van der Waals surface area contributed by atoms with Crippen molar-refractivity contribution in [2.45, 2.75) is 13.3 Å². The Hall–Kier alpha value is -1.24. The first-order valence-electron chi connectivity index (χ1n) is 3.70. The van der Waals surface area contributed by atoms with Crippen LogP contribution < -0.4 is 0 Å². The van der Waals surface area contributed by atoms with Crippen molar-refractivity contribution < 1.29 is 5.11 Å². The number of benzene rings is 1. The first kappa shape index (κ1) is 7.86. The summed E-state index contributed by atoms with van der Waals surface area (Å²) in [6, 6.07) is 7.25. The molecule has 58 valence electrons. The Labute approximate surface area is 67.0 Å². The maximum Gasteiger partial charge on any atom is 0.118 e. The standard InChI is InChI=1S/C7H8O.C3H4/c1-6-4-2-3-5-7(6)8;1-2-3-1/h2-5,8H,1H3;1-2H,3H2. The highest BCUT2D eigenvalue weighted by Gasteiger charge is 1.86. The zero-order valence-corrected chi connectivity index (χ0v) is 6.62. The predicted molar refractivity (Wildman–Crippen MR) is 46.6 cm³/mol. The molecule has 1 aromatic carbocycles. The minimum absolute atomic E-state index is 0.368. The zero-order chi connectivity index (χ0) is 8.10. The molecule has 1 nitrogen and oxygen atoms in total. The Morgan fingerprint density at radius 3 is 2.00 bits per heavy atom. The van der Waals surface area contributed by atoms with Gasteiger partial charge in [0.15, 0.2) is 0 Å². The molecule has 0 unspecified atom stereocenters. The molecule has 0 amide bonds. The van der Waals surface area contributed by atoms with Crippen LogP contribution in [0, 0.1) is 6.92 Å². The number of para-hydroxylation sites is 1. The second-order valence-electron chi connectivity index (χ2n) is 2.49. The van der Waals surface area contributed by atoms with Gasteiger partial charge < -0.3 is 5.11 Å². The summed E-state index contributed by atoms with van der Waals surface area (Å²) in [6.45, 7) is 1.87. The summed E-state index contributed by atoms with van der Waals surface area (Å²) in [5, 5.41) is 8.92. The number of phenolic OH excluding ortho intramolecular Hbond substituents is 1. The molecule has 0 saturated carbocycles. The van der Waals surface area contributed by atoms with E-state index in [4.69, 9.17) is 5.11 Å². The van der Waals surface area contributed by atoms with Crippen molar-refractivity contribution in [3.63, 3.8) is 0 Å². The van der Waals surface area contributed by atoms with Crippen LogP contribution in [0.25, 0.3) is 0 Å². The molecule has 1 heteroatoms. The third kappa shape index (κ3) is 3.46. The highest BCUT2D eigenvalue weighted by Crippen LogP contribution is 2.12.